The van der Waals surface area contributed by atoms with Gasteiger partial charge in [0, 0.05) is 12.2 Å². The molecule has 0 aliphatic rings. The van der Waals surface area contributed by atoms with Crippen molar-refractivity contribution < 1.29 is 4.42 Å². The lowest BCUT2D eigenvalue weighted by Gasteiger charge is -2.05. The first kappa shape index (κ1) is 10.8. The number of benzene rings is 1. The Morgan fingerprint density at radius 1 is 1.12 bits per heavy atom. The fourth-order valence-electron chi connectivity index (χ4n) is 1.60. The van der Waals surface area contributed by atoms with E-state index in [2.05, 4.69) is 5.32 Å². The predicted molar refractivity (Wildman–Crippen MR) is 64.8 cm³/mol. The molecule has 1 heterocycles. The minimum absolute atomic E-state index is 0.724. The zero-order valence-corrected chi connectivity index (χ0v) is 9.36. The molecule has 1 aromatic carbocycles. The molecular formula is C13H16N2O. The number of nitrogens with one attached hydrogen (secondary N) is 1. The van der Waals surface area contributed by atoms with Gasteiger partial charge in [0.2, 0.25) is 0 Å². The molecule has 0 atom stereocenters. The van der Waals surface area contributed by atoms with E-state index >= 15 is 0 Å². The van der Waals surface area contributed by atoms with Crippen molar-refractivity contribution in [3.8, 4) is 0 Å². The lowest BCUT2D eigenvalue weighted by molar-refractivity contribution is 0.462. The van der Waals surface area contributed by atoms with Crippen molar-refractivity contribution in [2.75, 3.05) is 5.73 Å². The summed E-state index contributed by atoms with van der Waals surface area (Å²) in [7, 11) is 0. The van der Waals surface area contributed by atoms with Crippen molar-refractivity contribution in [3.63, 3.8) is 0 Å². The minimum Gasteiger partial charge on any atom is -0.465 e. The lowest BCUT2D eigenvalue weighted by atomic mass is 10.2. The Hall–Kier alpha value is -1.74. The first-order valence-corrected chi connectivity index (χ1v) is 5.35. The van der Waals surface area contributed by atoms with Gasteiger partial charge in [-0.15, -0.1) is 0 Å². The molecule has 0 fully saturated rings. The number of furan rings is 1. The fraction of sp³-hybridized carbons (Fsp3) is 0.231. The Kier molecular flexibility index (Phi) is 3.27. The number of hydrogen-bond acceptors (Lipinski definition) is 3. The van der Waals surface area contributed by atoms with Crippen LogP contribution in [0.25, 0.3) is 0 Å². The molecule has 0 saturated heterocycles. The van der Waals surface area contributed by atoms with E-state index in [9.17, 15) is 0 Å². The molecule has 0 spiro atoms. The van der Waals surface area contributed by atoms with Gasteiger partial charge >= 0.3 is 0 Å². The van der Waals surface area contributed by atoms with Crippen molar-refractivity contribution in [2.24, 2.45) is 0 Å². The Bertz CT molecular complexity index is 462. The first-order chi connectivity index (χ1) is 7.75. The highest BCUT2D eigenvalue weighted by Crippen LogP contribution is 2.10. The zero-order chi connectivity index (χ0) is 11.4. The summed E-state index contributed by atoms with van der Waals surface area (Å²) in [4.78, 5) is 0. The van der Waals surface area contributed by atoms with Gasteiger partial charge in [0.1, 0.15) is 11.5 Å². The van der Waals surface area contributed by atoms with Crippen LogP contribution >= 0.6 is 0 Å². The second kappa shape index (κ2) is 4.86. The molecule has 3 N–H and O–H groups in total. The normalized spacial score (nSPS) is 10.6. The highest BCUT2D eigenvalue weighted by atomic mass is 16.3. The molecule has 3 nitrogen and oxygen atoms in total. The molecule has 16 heavy (non-hydrogen) atoms. The molecule has 0 aliphatic carbocycles. The monoisotopic (exact) mass is 216 g/mol. The molecule has 84 valence electrons. The first-order valence-electron chi connectivity index (χ1n) is 5.35. The Morgan fingerprint density at radius 3 is 2.62 bits per heavy atom. The van der Waals surface area contributed by atoms with Gasteiger partial charge in [-0.25, -0.2) is 0 Å². The molecule has 0 aliphatic heterocycles. The molecular weight excluding hydrogens is 200 g/mol. The standard InChI is InChI=1S/C13H16N2O/c1-10-6-7-12(16-10)9-15-8-11-4-2-3-5-13(11)14/h2-7,15H,8-9,14H2,1H3. The highest BCUT2D eigenvalue weighted by Gasteiger charge is 2.00. The molecule has 3 heteroatoms. The summed E-state index contributed by atoms with van der Waals surface area (Å²) in [6.07, 6.45) is 0. The second-order valence-corrected chi connectivity index (χ2v) is 3.81. The van der Waals surface area contributed by atoms with Crippen molar-refractivity contribution in [1.29, 1.82) is 0 Å². The number of hydrogen-bond donors (Lipinski definition) is 2. The van der Waals surface area contributed by atoms with Crippen LogP contribution in [0.4, 0.5) is 5.69 Å². The Morgan fingerprint density at radius 2 is 1.94 bits per heavy atom. The summed E-state index contributed by atoms with van der Waals surface area (Å²) in [6, 6.07) is 11.8. The summed E-state index contributed by atoms with van der Waals surface area (Å²) in [6.45, 7) is 3.42. The quantitative estimate of drug-likeness (QED) is 0.772. The van der Waals surface area contributed by atoms with Crippen LogP contribution in [0, 0.1) is 6.92 Å². The zero-order valence-electron chi connectivity index (χ0n) is 9.36. The molecule has 0 amide bonds. The van der Waals surface area contributed by atoms with Gasteiger partial charge in [-0.05, 0) is 30.7 Å². The van der Waals surface area contributed by atoms with Crippen molar-refractivity contribution in [1.82, 2.24) is 5.32 Å². The number of anilines is 1. The average molecular weight is 216 g/mol. The fourth-order valence-corrected chi connectivity index (χ4v) is 1.60. The van der Waals surface area contributed by atoms with Gasteiger partial charge in [-0.3, -0.25) is 0 Å². The molecule has 0 bridgehead atoms. The molecule has 2 aromatic rings. The van der Waals surface area contributed by atoms with Gasteiger partial charge in [0.25, 0.3) is 0 Å². The molecule has 0 saturated carbocycles. The van der Waals surface area contributed by atoms with Crippen LogP contribution in [-0.2, 0) is 13.1 Å². The highest BCUT2D eigenvalue weighted by molar-refractivity contribution is 5.46. The maximum absolute atomic E-state index is 5.84. The molecule has 0 radical (unpaired) electrons. The van der Waals surface area contributed by atoms with Crippen molar-refractivity contribution in [2.45, 2.75) is 20.0 Å². The third-order valence-corrected chi connectivity index (χ3v) is 2.47. The number of rotatable bonds is 4. The summed E-state index contributed by atoms with van der Waals surface area (Å²) >= 11 is 0. The summed E-state index contributed by atoms with van der Waals surface area (Å²) < 4.78 is 5.46. The van der Waals surface area contributed by atoms with Crippen LogP contribution < -0.4 is 11.1 Å². The van der Waals surface area contributed by atoms with E-state index in [0.29, 0.717) is 0 Å². The van der Waals surface area contributed by atoms with E-state index in [1.807, 2.05) is 43.3 Å². The number of nitrogen functional groups attached to an aromatic ring is 1. The van der Waals surface area contributed by atoms with Gasteiger partial charge in [-0.1, -0.05) is 18.2 Å². The van der Waals surface area contributed by atoms with E-state index in [1.165, 1.54) is 0 Å². The van der Waals surface area contributed by atoms with Gasteiger partial charge < -0.3 is 15.5 Å². The van der Waals surface area contributed by atoms with Crippen molar-refractivity contribution in [3.05, 3.63) is 53.5 Å². The maximum Gasteiger partial charge on any atom is 0.117 e. The molecule has 2 rings (SSSR count). The van der Waals surface area contributed by atoms with Crippen LogP contribution in [0.2, 0.25) is 0 Å². The maximum atomic E-state index is 5.84. The van der Waals surface area contributed by atoms with Crippen LogP contribution in [0.5, 0.6) is 0 Å². The van der Waals surface area contributed by atoms with E-state index in [-0.39, 0.29) is 0 Å². The third-order valence-electron chi connectivity index (χ3n) is 2.47. The number of aryl methyl sites for hydroxylation is 1. The lowest BCUT2D eigenvalue weighted by Crippen LogP contribution is -2.13. The third kappa shape index (κ3) is 2.64. The molecule has 0 unspecified atom stereocenters. The van der Waals surface area contributed by atoms with E-state index < -0.39 is 0 Å². The van der Waals surface area contributed by atoms with Gasteiger partial charge in [0.05, 0.1) is 6.54 Å². The smallest absolute Gasteiger partial charge is 0.117 e. The molecule has 1 aromatic heterocycles. The van der Waals surface area contributed by atoms with Crippen molar-refractivity contribution >= 4 is 5.69 Å². The van der Waals surface area contributed by atoms with E-state index in [0.717, 1.165) is 35.9 Å². The summed E-state index contributed by atoms with van der Waals surface area (Å²) in [5.74, 6) is 1.89. The largest absolute Gasteiger partial charge is 0.465 e. The number of nitrogens with two attached hydrogens (primary N) is 1. The van der Waals surface area contributed by atoms with Gasteiger partial charge in [-0.2, -0.15) is 0 Å². The van der Waals surface area contributed by atoms with Crippen LogP contribution in [0.1, 0.15) is 17.1 Å². The van der Waals surface area contributed by atoms with E-state index in [1.54, 1.807) is 0 Å². The SMILES string of the molecule is Cc1ccc(CNCc2ccccc2N)o1. The summed E-state index contributed by atoms with van der Waals surface area (Å²) in [5, 5.41) is 3.30. The van der Waals surface area contributed by atoms with E-state index in [4.69, 9.17) is 10.2 Å². The summed E-state index contributed by atoms with van der Waals surface area (Å²) in [5.41, 5.74) is 7.78. The van der Waals surface area contributed by atoms with Crippen LogP contribution in [0.15, 0.2) is 40.8 Å². The van der Waals surface area contributed by atoms with Gasteiger partial charge in [0.15, 0.2) is 0 Å². The Labute approximate surface area is 95.3 Å². The van der Waals surface area contributed by atoms with Crippen LogP contribution in [-0.4, -0.2) is 0 Å². The Balaban J connectivity index is 1.87. The predicted octanol–water partition coefficient (Wildman–Crippen LogP) is 2.46. The minimum atomic E-state index is 0.724. The van der Waals surface area contributed by atoms with Crippen LogP contribution in [0.3, 0.4) is 0 Å². The topological polar surface area (TPSA) is 51.2 Å². The average Bonchev–Trinajstić information content (AvgIpc) is 2.67. The number of para-hydroxylation sites is 1. The second-order valence-electron chi connectivity index (χ2n) is 3.81.